The molecular formula is C17H22O7. The van der Waals surface area contributed by atoms with Crippen molar-refractivity contribution in [1.29, 1.82) is 0 Å². The number of carbonyl (C=O) groups excluding carboxylic acids is 1. The Morgan fingerprint density at radius 3 is 2.54 bits per heavy atom. The fourth-order valence-corrected chi connectivity index (χ4v) is 2.98. The predicted molar refractivity (Wildman–Crippen MR) is 82.2 cm³/mol. The number of methoxy groups -OCH3 is 1. The monoisotopic (exact) mass is 338 g/mol. The molecule has 3 rings (SSSR count). The summed E-state index contributed by atoms with van der Waals surface area (Å²) in [6.45, 7) is 3.41. The largest absolute Gasteiger partial charge is 0.459 e. The molecule has 2 fully saturated rings. The van der Waals surface area contributed by atoms with Crippen LogP contribution in [-0.4, -0.2) is 61.3 Å². The highest BCUT2D eigenvalue weighted by Gasteiger charge is 2.55. The maximum absolute atomic E-state index is 12.0. The van der Waals surface area contributed by atoms with E-state index in [9.17, 15) is 9.90 Å². The summed E-state index contributed by atoms with van der Waals surface area (Å²) in [5.41, 5.74) is 0.436. The summed E-state index contributed by atoms with van der Waals surface area (Å²) in [7, 11) is 1.49. The molecule has 7 nitrogen and oxygen atoms in total. The van der Waals surface area contributed by atoms with E-state index in [1.807, 2.05) is 6.07 Å². The minimum Gasteiger partial charge on any atom is -0.459 e. The highest BCUT2D eigenvalue weighted by atomic mass is 16.8. The lowest BCUT2D eigenvalue weighted by molar-refractivity contribution is -0.272. The molecule has 0 spiro atoms. The van der Waals surface area contributed by atoms with Gasteiger partial charge < -0.3 is 28.8 Å². The van der Waals surface area contributed by atoms with Crippen molar-refractivity contribution in [1.82, 2.24) is 0 Å². The van der Waals surface area contributed by atoms with Crippen LogP contribution in [-0.2, 0) is 23.7 Å². The van der Waals surface area contributed by atoms with Gasteiger partial charge in [0.2, 0.25) is 0 Å². The van der Waals surface area contributed by atoms with Gasteiger partial charge in [-0.3, -0.25) is 0 Å². The van der Waals surface area contributed by atoms with Crippen LogP contribution < -0.4 is 0 Å². The topological polar surface area (TPSA) is 83.5 Å². The lowest BCUT2D eigenvalue weighted by atomic mass is 9.99. The summed E-state index contributed by atoms with van der Waals surface area (Å²) in [4.78, 5) is 12.0. The molecule has 0 aromatic heterocycles. The Bertz CT molecular complexity index is 574. The number of hydrogen-bond donors (Lipinski definition) is 1. The van der Waals surface area contributed by atoms with Crippen LogP contribution in [0.4, 0.5) is 0 Å². The molecule has 0 unspecified atom stereocenters. The van der Waals surface area contributed by atoms with Gasteiger partial charge in [0.25, 0.3) is 0 Å². The van der Waals surface area contributed by atoms with Gasteiger partial charge in [0.1, 0.15) is 31.0 Å². The van der Waals surface area contributed by atoms with E-state index < -0.39 is 42.5 Å². The predicted octanol–water partition coefficient (Wildman–Crippen LogP) is 1.10. The zero-order valence-corrected chi connectivity index (χ0v) is 13.9. The molecule has 1 aromatic carbocycles. The number of carbonyl (C=O) groups is 1. The van der Waals surface area contributed by atoms with Gasteiger partial charge >= 0.3 is 5.97 Å². The van der Waals surface area contributed by atoms with Crippen LogP contribution in [0.1, 0.15) is 24.2 Å². The number of aliphatic hydroxyl groups is 1. The zero-order chi connectivity index (χ0) is 17.3. The molecule has 0 aliphatic carbocycles. The van der Waals surface area contributed by atoms with Crippen LogP contribution in [0.25, 0.3) is 0 Å². The van der Waals surface area contributed by atoms with E-state index in [1.165, 1.54) is 7.11 Å². The van der Waals surface area contributed by atoms with Gasteiger partial charge in [-0.2, -0.15) is 0 Å². The van der Waals surface area contributed by atoms with Gasteiger partial charge in [0.05, 0.1) is 5.56 Å². The van der Waals surface area contributed by atoms with E-state index >= 15 is 0 Å². The van der Waals surface area contributed by atoms with Crippen LogP contribution in [0, 0.1) is 0 Å². The number of ether oxygens (including phenoxy) is 5. The fourth-order valence-electron chi connectivity index (χ4n) is 2.98. The Morgan fingerprint density at radius 1 is 1.21 bits per heavy atom. The SMILES string of the molecule is CO[C@@H]1O[C@H](COC(=O)c2ccccc2)[C@H](O)[C@@H]2OC(C)(C)O[C@H]12. The minimum atomic E-state index is -0.994. The lowest BCUT2D eigenvalue weighted by Gasteiger charge is -2.38. The summed E-state index contributed by atoms with van der Waals surface area (Å²) < 4.78 is 27.7. The van der Waals surface area contributed by atoms with Gasteiger partial charge in [-0.25, -0.2) is 4.79 Å². The third-order valence-electron chi connectivity index (χ3n) is 4.08. The smallest absolute Gasteiger partial charge is 0.338 e. The number of hydrogen-bond acceptors (Lipinski definition) is 7. The van der Waals surface area contributed by atoms with E-state index in [-0.39, 0.29) is 6.61 Å². The van der Waals surface area contributed by atoms with Gasteiger partial charge in [0, 0.05) is 7.11 Å². The van der Waals surface area contributed by atoms with Crippen molar-refractivity contribution >= 4 is 5.97 Å². The maximum atomic E-state index is 12.0. The van der Waals surface area contributed by atoms with Crippen LogP contribution in [0.2, 0.25) is 0 Å². The third kappa shape index (κ3) is 3.45. The summed E-state index contributed by atoms with van der Waals surface area (Å²) >= 11 is 0. The molecule has 132 valence electrons. The first-order chi connectivity index (χ1) is 11.4. The molecule has 5 atom stereocenters. The number of rotatable bonds is 4. The molecule has 0 amide bonds. The van der Waals surface area contributed by atoms with Crippen molar-refractivity contribution in [3.05, 3.63) is 35.9 Å². The van der Waals surface area contributed by atoms with Gasteiger partial charge in [-0.05, 0) is 26.0 Å². The average Bonchev–Trinajstić information content (AvgIpc) is 2.91. The second kappa shape index (κ2) is 6.78. The molecule has 0 radical (unpaired) electrons. The molecule has 2 aliphatic heterocycles. The molecule has 2 saturated heterocycles. The number of fused-ring (bicyclic) bond motifs is 1. The summed E-state index contributed by atoms with van der Waals surface area (Å²) in [6, 6.07) is 8.63. The summed E-state index contributed by atoms with van der Waals surface area (Å²) in [5, 5.41) is 10.5. The Hall–Kier alpha value is -1.51. The lowest BCUT2D eigenvalue weighted by Crippen LogP contribution is -2.58. The van der Waals surface area contributed by atoms with Crippen molar-refractivity contribution in [2.75, 3.05) is 13.7 Å². The van der Waals surface area contributed by atoms with Gasteiger partial charge in [0.15, 0.2) is 12.1 Å². The second-order valence-corrected chi connectivity index (χ2v) is 6.30. The Kier molecular flexibility index (Phi) is 4.89. The van der Waals surface area contributed by atoms with E-state index in [1.54, 1.807) is 38.1 Å². The Labute approximate surface area is 140 Å². The van der Waals surface area contributed by atoms with Crippen molar-refractivity contribution in [3.63, 3.8) is 0 Å². The van der Waals surface area contributed by atoms with Crippen molar-refractivity contribution in [2.24, 2.45) is 0 Å². The van der Waals surface area contributed by atoms with E-state index in [4.69, 9.17) is 23.7 Å². The molecule has 0 saturated carbocycles. The highest BCUT2D eigenvalue weighted by Crippen LogP contribution is 2.37. The molecule has 2 heterocycles. The number of aliphatic hydroxyl groups excluding tert-OH is 1. The van der Waals surface area contributed by atoms with Crippen molar-refractivity contribution < 1.29 is 33.6 Å². The first kappa shape index (κ1) is 17.3. The van der Waals surface area contributed by atoms with E-state index in [0.717, 1.165) is 0 Å². The zero-order valence-electron chi connectivity index (χ0n) is 13.9. The summed E-state index contributed by atoms with van der Waals surface area (Å²) in [6.07, 6.45) is -3.62. The molecule has 1 N–H and O–H groups in total. The standard InChI is InChI=1S/C17H22O7/c1-17(2)23-13-12(18)11(22-16(20-3)14(13)24-17)9-21-15(19)10-7-5-4-6-8-10/h4-8,11-14,16,18H,9H2,1-3H3/t11-,12+,13+,14+,16-/m1/s1. The Morgan fingerprint density at radius 2 is 1.88 bits per heavy atom. The van der Waals surface area contributed by atoms with Crippen molar-refractivity contribution in [2.45, 2.75) is 50.3 Å². The maximum Gasteiger partial charge on any atom is 0.338 e. The fraction of sp³-hybridized carbons (Fsp3) is 0.588. The molecule has 1 aromatic rings. The van der Waals surface area contributed by atoms with Crippen LogP contribution >= 0.6 is 0 Å². The molecular weight excluding hydrogens is 316 g/mol. The average molecular weight is 338 g/mol. The van der Waals surface area contributed by atoms with E-state index in [0.29, 0.717) is 5.56 Å². The van der Waals surface area contributed by atoms with Crippen LogP contribution in [0.15, 0.2) is 30.3 Å². The summed E-state index contributed by atoms with van der Waals surface area (Å²) in [5.74, 6) is -1.32. The second-order valence-electron chi connectivity index (χ2n) is 6.30. The first-order valence-corrected chi connectivity index (χ1v) is 7.85. The minimum absolute atomic E-state index is 0.109. The molecule has 2 aliphatic rings. The normalized spacial score (nSPS) is 34.6. The van der Waals surface area contributed by atoms with Gasteiger partial charge in [-0.1, -0.05) is 18.2 Å². The third-order valence-corrected chi connectivity index (χ3v) is 4.08. The quantitative estimate of drug-likeness (QED) is 0.823. The van der Waals surface area contributed by atoms with Crippen LogP contribution in [0.3, 0.4) is 0 Å². The number of esters is 1. The molecule has 0 bridgehead atoms. The highest BCUT2D eigenvalue weighted by molar-refractivity contribution is 5.89. The molecule has 24 heavy (non-hydrogen) atoms. The number of benzene rings is 1. The first-order valence-electron chi connectivity index (χ1n) is 7.85. The Balaban J connectivity index is 1.65. The van der Waals surface area contributed by atoms with Gasteiger partial charge in [-0.15, -0.1) is 0 Å². The molecule has 7 heteroatoms. The van der Waals surface area contributed by atoms with Crippen LogP contribution in [0.5, 0.6) is 0 Å². The van der Waals surface area contributed by atoms with Crippen molar-refractivity contribution in [3.8, 4) is 0 Å². The van der Waals surface area contributed by atoms with E-state index in [2.05, 4.69) is 0 Å².